The molecular weight excluding hydrogens is 556 g/mol. The highest BCUT2D eigenvalue weighted by molar-refractivity contribution is 7.80. The predicted molar refractivity (Wildman–Crippen MR) is 163 cm³/mol. The maximum Gasteiger partial charge on any atom is 0.273 e. The lowest BCUT2D eigenvalue weighted by atomic mass is 9.96. The number of amides is 1. The second kappa shape index (κ2) is 12.0. The summed E-state index contributed by atoms with van der Waals surface area (Å²) in [5.41, 5.74) is 5.77. The number of nitrogens with zero attached hydrogens (tertiary/aromatic N) is 4. The first-order valence-corrected chi connectivity index (χ1v) is 13.6. The summed E-state index contributed by atoms with van der Waals surface area (Å²) in [6, 6.07) is 19.4. The Labute approximate surface area is 248 Å². The van der Waals surface area contributed by atoms with Crippen LogP contribution in [0, 0.1) is 24.0 Å². The molecule has 0 bridgehead atoms. The van der Waals surface area contributed by atoms with Crippen LogP contribution in [0.5, 0.6) is 5.75 Å². The normalized spacial score (nSPS) is 16.3. The van der Waals surface area contributed by atoms with Crippen molar-refractivity contribution in [1.82, 2.24) is 14.9 Å². The lowest BCUT2D eigenvalue weighted by Crippen LogP contribution is -2.29. The van der Waals surface area contributed by atoms with Crippen LogP contribution in [0.1, 0.15) is 34.7 Å². The van der Waals surface area contributed by atoms with E-state index in [0.29, 0.717) is 22.2 Å². The fourth-order valence-electron chi connectivity index (χ4n) is 5.40. The van der Waals surface area contributed by atoms with E-state index in [-0.39, 0.29) is 30.3 Å². The van der Waals surface area contributed by atoms with Crippen LogP contribution in [-0.4, -0.2) is 46.3 Å². The largest absolute Gasteiger partial charge is 0.494 e. The molecular formula is C30H30N6O5S. The molecule has 42 heavy (non-hydrogen) atoms. The SMILES string of the molecule is COCC(=O)Nc1ccc(N2C(=S)N[C@H](c3ccccn3)[C@@H]2c2cc(C)n(-c3ccc([N+](=O)[O-])cc3OC)c2C)cc1. The first-order chi connectivity index (χ1) is 20.2. The predicted octanol–water partition coefficient (Wildman–Crippen LogP) is 5.17. The molecule has 4 aromatic rings. The molecule has 1 saturated heterocycles. The Balaban J connectivity index is 1.60. The molecule has 0 unspecified atom stereocenters. The second-order valence-corrected chi connectivity index (χ2v) is 10.2. The molecule has 216 valence electrons. The van der Waals surface area contributed by atoms with Gasteiger partial charge in [0.05, 0.1) is 41.6 Å². The van der Waals surface area contributed by atoms with Crippen LogP contribution in [-0.2, 0) is 9.53 Å². The molecule has 12 heteroatoms. The number of aryl methyl sites for hydroxylation is 1. The number of nitro groups is 1. The number of nitro benzene ring substituents is 1. The van der Waals surface area contributed by atoms with Crippen molar-refractivity contribution < 1.29 is 19.2 Å². The summed E-state index contributed by atoms with van der Waals surface area (Å²) in [6.07, 6.45) is 1.75. The Morgan fingerprint density at radius 1 is 1.12 bits per heavy atom. The molecule has 1 aliphatic rings. The summed E-state index contributed by atoms with van der Waals surface area (Å²) >= 11 is 5.88. The number of non-ortho nitro benzene ring substituents is 1. The van der Waals surface area contributed by atoms with E-state index in [2.05, 4.69) is 26.6 Å². The maximum absolute atomic E-state index is 12.0. The Morgan fingerprint density at radius 2 is 1.88 bits per heavy atom. The number of anilines is 2. The average Bonchev–Trinajstić information content (AvgIpc) is 3.48. The van der Waals surface area contributed by atoms with E-state index < -0.39 is 4.92 Å². The van der Waals surface area contributed by atoms with Crippen molar-refractivity contribution in [3.05, 3.63) is 106 Å². The number of methoxy groups -OCH3 is 2. The third-order valence-electron chi connectivity index (χ3n) is 7.21. The summed E-state index contributed by atoms with van der Waals surface area (Å²) in [5, 5.41) is 18.2. The van der Waals surface area contributed by atoms with Crippen molar-refractivity contribution in [1.29, 1.82) is 0 Å². The topological polar surface area (TPSA) is 124 Å². The van der Waals surface area contributed by atoms with Gasteiger partial charge in [-0.2, -0.15) is 0 Å². The van der Waals surface area contributed by atoms with Crippen LogP contribution in [0.25, 0.3) is 5.69 Å². The molecule has 2 aromatic heterocycles. The lowest BCUT2D eigenvalue weighted by Gasteiger charge is -2.28. The van der Waals surface area contributed by atoms with E-state index in [9.17, 15) is 14.9 Å². The molecule has 0 saturated carbocycles. The van der Waals surface area contributed by atoms with Crippen molar-refractivity contribution >= 4 is 40.3 Å². The van der Waals surface area contributed by atoms with Gasteiger partial charge in [0.15, 0.2) is 5.11 Å². The molecule has 1 fully saturated rings. The van der Waals surface area contributed by atoms with Gasteiger partial charge >= 0.3 is 0 Å². The Kier molecular flexibility index (Phi) is 8.18. The van der Waals surface area contributed by atoms with Gasteiger partial charge in [0.2, 0.25) is 5.91 Å². The molecule has 2 aromatic carbocycles. The number of pyridine rings is 1. The standard InChI is InChI=1S/C30H30N6O5S/c1-18-15-23(19(2)34(18)25-13-12-22(36(38)39)16-26(25)41-4)29-28(24-7-5-6-14-31-24)33-30(42)35(29)21-10-8-20(9-11-21)32-27(37)17-40-3/h5-16,28-29H,17H2,1-4H3,(H,32,37)(H,33,42)/t28-,29+/m1/s1. The van der Waals surface area contributed by atoms with Crippen LogP contribution in [0.2, 0.25) is 0 Å². The van der Waals surface area contributed by atoms with Gasteiger partial charge in [0, 0.05) is 42.1 Å². The van der Waals surface area contributed by atoms with Crippen molar-refractivity contribution in [2.75, 3.05) is 31.0 Å². The minimum absolute atomic E-state index is 0.0368. The van der Waals surface area contributed by atoms with Gasteiger partial charge in [-0.3, -0.25) is 19.9 Å². The summed E-state index contributed by atoms with van der Waals surface area (Å²) in [7, 11) is 2.97. The van der Waals surface area contributed by atoms with Crippen molar-refractivity contribution in [3.8, 4) is 11.4 Å². The number of rotatable bonds is 9. The molecule has 1 aliphatic heterocycles. The molecule has 2 atom stereocenters. The van der Waals surface area contributed by atoms with Crippen molar-refractivity contribution in [2.45, 2.75) is 25.9 Å². The number of hydrogen-bond acceptors (Lipinski definition) is 7. The van der Waals surface area contributed by atoms with Gasteiger partial charge in [0.25, 0.3) is 5.69 Å². The first kappa shape index (κ1) is 28.7. The van der Waals surface area contributed by atoms with Gasteiger partial charge in [-0.15, -0.1) is 0 Å². The van der Waals surface area contributed by atoms with Crippen LogP contribution in [0.4, 0.5) is 17.1 Å². The number of thiocarbonyl (C=S) groups is 1. The van der Waals surface area contributed by atoms with Crippen LogP contribution in [0.15, 0.2) is 72.9 Å². The Hall–Kier alpha value is -4.81. The Morgan fingerprint density at radius 3 is 2.52 bits per heavy atom. The van der Waals surface area contributed by atoms with Gasteiger partial charge in [-0.05, 0) is 80.2 Å². The molecule has 5 rings (SSSR count). The van der Waals surface area contributed by atoms with Crippen LogP contribution < -0.4 is 20.3 Å². The first-order valence-electron chi connectivity index (χ1n) is 13.1. The van der Waals surface area contributed by atoms with E-state index in [1.165, 1.54) is 26.4 Å². The number of ether oxygens (including phenoxy) is 2. The van der Waals surface area contributed by atoms with Crippen LogP contribution >= 0.6 is 12.2 Å². The van der Waals surface area contributed by atoms with Gasteiger partial charge < -0.3 is 29.6 Å². The highest BCUT2D eigenvalue weighted by Gasteiger charge is 2.42. The van der Waals surface area contributed by atoms with Gasteiger partial charge in [-0.1, -0.05) is 6.07 Å². The number of nitrogens with one attached hydrogen (secondary N) is 2. The third-order valence-corrected chi connectivity index (χ3v) is 7.52. The average molecular weight is 587 g/mol. The zero-order valence-corrected chi connectivity index (χ0v) is 24.3. The Bertz CT molecular complexity index is 1640. The van der Waals surface area contributed by atoms with E-state index >= 15 is 0 Å². The lowest BCUT2D eigenvalue weighted by molar-refractivity contribution is -0.384. The number of hydrogen-bond donors (Lipinski definition) is 2. The van der Waals surface area contributed by atoms with Crippen LogP contribution in [0.3, 0.4) is 0 Å². The monoisotopic (exact) mass is 586 g/mol. The van der Waals surface area contributed by atoms with E-state index in [0.717, 1.165) is 28.3 Å². The van der Waals surface area contributed by atoms with Gasteiger partial charge in [0.1, 0.15) is 12.4 Å². The molecule has 3 heterocycles. The van der Waals surface area contributed by atoms with Crippen molar-refractivity contribution in [2.24, 2.45) is 0 Å². The number of carbonyl (C=O) groups excluding carboxylic acids is 1. The summed E-state index contributed by atoms with van der Waals surface area (Å²) < 4.78 is 12.5. The molecule has 1 amide bonds. The molecule has 0 radical (unpaired) electrons. The van der Waals surface area contributed by atoms with E-state index in [4.69, 9.17) is 21.7 Å². The number of aromatic nitrogens is 2. The van der Waals surface area contributed by atoms with Crippen molar-refractivity contribution in [3.63, 3.8) is 0 Å². The van der Waals surface area contributed by atoms with Gasteiger partial charge in [-0.25, -0.2) is 0 Å². The summed E-state index contributed by atoms with van der Waals surface area (Å²) in [5.74, 6) is 0.146. The number of benzene rings is 2. The maximum atomic E-state index is 12.0. The quantitative estimate of drug-likeness (QED) is 0.155. The zero-order valence-electron chi connectivity index (χ0n) is 23.5. The fourth-order valence-corrected chi connectivity index (χ4v) is 5.75. The highest BCUT2D eigenvalue weighted by atomic mass is 32.1. The molecule has 0 spiro atoms. The molecule has 2 N–H and O–H groups in total. The second-order valence-electron chi connectivity index (χ2n) is 9.80. The minimum atomic E-state index is -0.443. The summed E-state index contributed by atoms with van der Waals surface area (Å²) in [4.78, 5) is 29.6. The fraction of sp³-hybridized carbons (Fsp3) is 0.233. The van der Waals surface area contributed by atoms with E-state index in [1.807, 2.05) is 60.9 Å². The minimum Gasteiger partial charge on any atom is -0.494 e. The zero-order chi connectivity index (χ0) is 30.0. The smallest absolute Gasteiger partial charge is 0.273 e. The molecule has 0 aliphatic carbocycles. The highest BCUT2D eigenvalue weighted by Crippen LogP contribution is 2.44. The molecule has 11 nitrogen and oxygen atoms in total. The van der Waals surface area contributed by atoms with E-state index in [1.54, 1.807) is 12.3 Å². The third kappa shape index (κ3) is 5.41. The number of carbonyl (C=O) groups is 1. The summed E-state index contributed by atoms with van der Waals surface area (Å²) in [6.45, 7) is 3.95.